The molecule has 0 radical (unpaired) electrons. The van der Waals surface area contributed by atoms with Crippen molar-refractivity contribution in [2.75, 3.05) is 0 Å². The van der Waals surface area contributed by atoms with Crippen LogP contribution in [-0.2, 0) is 15.1 Å². The van der Waals surface area contributed by atoms with Crippen LogP contribution in [-0.4, -0.2) is 18.9 Å². The van der Waals surface area contributed by atoms with E-state index in [4.69, 9.17) is 9.29 Å². The Morgan fingerprint density at radius 1 is 1.25 bits per heavy atom. The molecule has 0 atom stereocenters. The van der Waals surface area contributed by atoms with E-state index < -0.39 is 10.3 Å². The number of hydrogen-bond donors (Lipinski definition) is 1. The van der Waals surface area contributed by atoms with Gasteiger partial charge in [-0.15, -0.1) is 5.11 Å². The molecule has 0 bridgehead atoms. The van der Waals surface area contributed by atoms with Gasteiger partial charge in [0.25, 0.3) is 0 Å². The number of rotatable bonds is 7. The van der Waals surface area contributed by atoms with Gasteiger partial charge in [0.05, 0.1) is 5.69 Å². The maximum Gasteiger partial charge on any atom is 0.396 e. The van der Waals surface area contributed by atoms with Crippen LogP contribution in [0.15, 0.2) is 33.9 Å². The Hall–Kier alpha value is -1.80. The molecule has 1 aromatic rings. The molecule has 0 saturated carbocycles. The molecule has 0 heterocycles. The van der Waals surface area contributed by atoms with E-state index in [1.54, 1.807) is 0 Å². The second-order valence-corrected chi connectivity index (χ2v) is 5.11. The van der Waals surface area contributed by atoms with E-state index in [1.165, 1.54) is 24.3 Å². The average molecular weight is 300 g/mol. The lowest BCUT2D eigenvalue weighted by molar-refractivity contribution is -0.134. The summed E-state index contributed by atoms with van der Waals surface area (Å²) in [5, 5.41) is 3.30. The van der Waals surface area contributed by atoms with Gasteiger partial charge in [-0.05, 0) is 35.2 Å². The van der Waals surface area contributed by atoms with Crippen LogP contribution in [0.5, 0.6) is 5.75 Å². The number of benzene rings is 1. The van der Waals surface area contributed by atoms with Gasteiger partial charge in [0.15, 0.2) is 0 Å². The number of carbonyl (C=O) groups is 1. The van der Waals surface area contributed by atoms with Crippen molar-refractivity contribution in [1.29, 1.82) is 0 Å². The van der Waals surface area contributed by atoms with Gasteiger partial charge in [-0.1, -0.05) is 19.8 Å². The Morgan fingerprint density at radius 2 is 1.90 bits per heavy atom. The first-order chi connectivity index (χ1) is 9.40. The quantitative estimate of drug-likeness (QED) is 0.274. The summed E-state index contributed by atoms with van der Waals surface area (Å²) in [6.07, 6.45) is 3.15. The van der Waals surface area contributed by atoms with Gasteiger partial charge in [0.1, 0.15) is 5.75 Å². The molecule has 0 unspecified atom stereocenters. The zero-order valence-electron chi connectivity index (χ0n) is 11.0. The van der Waals surface area contributed by atoms with E-state index in [2.05, 4.69) is 9.63 Å². The van der Waals surface area contributed by atoms with Gasteiger partial charge in [-0.2, -0.15) is 8.42 Å². The van der Waals surface area contributed by atoms with E-state index in [-0.39, 0.29) is 11.7 Å². The molecule has 0 saturated heterocycles. The molecule has 0 spiro atoms. The van der Waals surface area contributed by atoms with Crippen LogP contribution < -0.4 is 4.74 Å². The maximum absolute atomic E-state index is 11.5. The number of ether oxygens (including phenoxy) is 1. The molecule has 1 aromatic carbocycles. The summed E-state index contributed by atoms with van der Waals surface area (Å²) in [6, 6.07) is 5.78. The minimum Gasteiger partial charge on any atom is -0.427 e. The zero-order chi connectivity index (χ0) is 15.0. The van der Waals surface area contributed by atoms with Crippen LogP contribution >= 0.6 is 0 Å². The highest BCUT2D eigenvalue weighted by atomic mass is 32.2. The topological polar surface area (TPSA) is 105 Å². The van der Waals surface area contributed by atoms with Crippen molar-refractivity contribution in [2.24, 2.45) is 9.63 Å². The first-order valence-corrected chi connectivity index (χ1v) is 7.51. The smallest absolute Gasteiger partial charge is 0.396 e. The molecule has 0 aromatic heterocycles. The zero-order valence-corrected chi connectivity index (χ0v) is 11.8. The van der Waals surface area contributed by atoms with Gasteiger partial charge in [-0.25, -0.2) is 0 Å². The third-order valence-electron chi connectivity index (χ3n) is 2.31. The molecule has 8 heteroatoms. The summed E-state index contributed by atoms with van der Waals surface area (Å²) in [5.74, 6) is 0.0306. The Kier molecular flexibility index (Phi) is 6.26. The second kappa shape index (κ2) is 7.71. The summed E-state index contributed by atoms with van der Waals surface area (Å²) < 4.78 is 36.9. The molecule has 1 rings (SSSR count). The first kappa shape index (κ1) is 16.3. The Morgan fingerprint density at radius 3 is 2.45 bits per heavy atom. The summed E-state index contributed by atoms with van der Waals surface area (Å²) in [7, 11) is -4.49. The highest BCUT2D eigenvalue weighted by Gasteiger charge is 2.04. The molecule has 0 aliphatic heterocycles. The fraction of sp³-hybridized carbons (Fsp3) is 0.417. The van der Waals surface area contributed by atoms with Crippen LogP contribution in [0.25, 0.3) is 0 Å². The molecule has 0 fully saturated rings. The molecule has 110 valence electrons. The maximum atomic E-state index is 11.5. The third kappa shape index (κ3) is 6.95. The monoisotopic (exact) mass is 300 g/mol. The van der Waals surface area contributed by atoms with Crippen molar-refractivity contribution in [2.45, 2.75) is 32.6 Å². The van der Waals surface area contributed by atoms with E-state index in [0.717, 1.165) is 19.3 Å². The Balaban J connectivity index is 2.54. The van der Waals surface area contributed by atoms with E-state index >= 15 is 0 Å². The van der Waals surface area contributed by atoms with Crippen LogP contribution in [0.1, 0.15) is 32.6 Å². The van der Waals surface area contributed by atoms with Gasteiger partial charge in [0, 0.05) is 6.42 Å². The number of esters is 1. The standard InChI is InChI=1S/C12H16N2O5S/c1-2-3-4-5-12(15)19-11-8-6-10(7-9-11)13-14-20(16,17)18/h6-9H,2-5H2,1H3,(H,16,17,18). The number of carbonyl (C=O) groups excluding carboxylic acids is 1. The molecular weight excluding hydrogens is 284 g/mol. The van der Waals surface area contributed by atoms with Crippen molar-refractivity contribution in [3.05, 3.63) is 24.3 Å². The van der Waals surface area contributed by atoms with E-state index in [9.17, 15) is 13.2 Å². The van der Waals surface area contributed by atoms with Crippen LogP contribution in [0.4, 0.5) is 5.69 Å². The van der Waals surface area contributed by atoms with Crippen LogP contribution in [0, 0.1) is 0 Å². The number of hydrogen-bond acceptors (Lipinski definition) is 5. The fourth-order valence-electron chi connectivity index (χ4n) is 1.38. The third-order valence-corrected chi connectivity index (χ3v) is 2.60. The van der Waals surface area contributed by atoms with Crippen molar-refractivity contribution >= 4 is 22.0 Å². The van der Waals surface area contributed by atoms with Crippen LogP contribution in [0.3, 0.4) is 0 Å². The predicted molar refractivity (Wildman–Crippen MR) is 72.3 cm³/mol. The van der Waals surface area contributed by atoms with Gasteiger partial charge >= 0.3 is 16.3 Å². The van der Waals surface area contributed by atoms with Crippen LogP contribution in [0.2, 0.25) is 0 Å². The molecule has 20 heavy (non-hydrogen) atoms. The fourth-order valence-corrected chi connectivity index (χ4v) is 1.58. The van der Waals surface area contributed by atoms with Gasteiger partial charge in [-0.3, -0.25) is 9.35 Å². The van der Waals surface area contributed by atoms with E-state index in [1.807, 2.05) is 6.92 Å². The minimum absolute atomic E-state index is 0.216. The van der Waals surface area contributed by atoms with Gasteiger partial charge < -0.3 is 4.74 Å². The summed E-state index contributed by atoms with van der Waals surface area (Å²) in [6.45, 7) is 2.05. The lowest BCUT2D eigenvalue weighted by Gasteiger charge is -2.03. The SMILES string of the molecule is CCCCCC(=O)Oc1ccc(N=NS(=O)(=O)O)cc1. The van der Waals surface area contributed by atoms with Gasteiger partial charge in [0.2, 0.25) is 0 Å². The highest BCUT2D eigenvalue weighted by molar-refractivity contribution is 7.84. The van der Waals surface area contributed by atoms with Crippen molar-refractivity contribution in [3.63, 3.8) is 0 Å². The molecule has 1 N–H and O–H groups in total. The lowest BCUT2D eigenvalue weighted by Crippen LogP contribution is -2.07. The minimum atomic E-state index is -4.49. The summed E-state index contributed by atoms with van der Waals surface area (Å²) in [4.78, 5) is 11.5. The van der Waals surface area contributed by atoms with E-state index in [0.29, 0.717) is 12.2 Å². The molecular formula is C12H16N2O5S. The highest BCUT2D eigenvalue weighted by Crippen LogP contribution is 2.19. The average Bonchev–Trinajstić information content (AvgIpc) is 2.37. The first-order valence-electron chi connectivity index (χ1n) is 6.12. The second-order valence-electron chi connectivity index (χ2n) is 4.05. The number of nitrogens with zero attached hydrogens (tertiary/aromatic N) is 2. The normalized spacial score (nSPS) is 11.7. The van der Waals surface area contributed by atoms with Crippen molar-refractivity contribution in [3.8, 4) is 5.75 Å². The largest absolute Gasteiger partial charge is 0.427 e. The lowest BCUT2D eigenvalue weighted by atomic mass is 10.2. The van der Waals surface area contributed by atoms with Crippen molar-refractivity contribution in [1.82, 2.24) is 0 Å². The summed E-state index contributed by atoms with van der Waals surface area (Å²) in [5.41, 5.74) is 0.216. The Bertz CT molecular complexity index is 566. The predicted octanol–water partition coefficient (Wildman–Crippen LogP) is 3.06. The summed E-state index contributed by atoms with van der Waals surface area (Å²) >= 11 is 0. The number of unbranched alkanes of at least 4 members (excludes halogenated alkanes) is 2. The Labute approximate surface area is 117 Å². The van der Waals surface area contributed by atoms with Crippen molar-refractivity contribution < 1.29 is 22.5 Å². The molecule has 0 aliphatic rings. The molecule has 7 nitrogen and oxygen atoms in total. The molecule has 0 amide bonds. The molecule has 0 aliphatic carbocycles.